The summed E-state index contributed by atoms with van der Waals surface area (Å²) < 4.78 is 0. The maximum absolute atomic E-state index is 12.8. The first-order valence-electron chi connectivity index (χ1n) is 9.48. The van der Waals surface area contributed by atoms with Crippen LogP contribution in [0, 0.1) is 12.8 Å². The number of pyridine rings is 2. The van der Waals surface area contributed by atoms with E-state index in [1.807, 2.05) is 13.0 Å². The average Bonchev–Trinajstić information content (AvgIpc) is 3.53. The molecular formula is C21H19Cl2N5O2. The highest BCUT2D eigenvalue weighted by Gasteiger charge is 2.22. The van der Waals surface area contributed by atoms with Crippen molar-refractivity contribution in [2.24, 2.45) is 5.92 Å². The van der Waals surface area contributed by atoms with Crippen molar-refractivity contribution >= 4 is 57.4 Å². The number of urea groups is 1. The van der Waals surface area contributed by atoms with Crippen LogP contribution in [0.1, 0.15) is 28.8 Å². The molecule has 154 valence electrons. The molecule has 3 N–H and O–H groups in total. The number of anilines is 2. The number of para-hydroxylation sites is 1. The Kier molecular flexibility index (Phi) is 5.74. The molecule has 0 atom stereocenters. The van der Waals surface area contributed by atoms with E-state index in [1.165, 1.54) is 12.3 Å². The minimum Gasteiger partial charge on any atom is -0.338 e. The van der Waals surface area contributed by atoms with Gasteiger partial charge in [0.05, 0.1) is 27.5 Å². The van der Waals surface area contributed by atoms with Crippen LogP contribution in [0.3, 0.4) is 0 Å². The second kappa shape index (κ2) is 8.45. The molecule has 2 aromatic heterocycles. The van der Waals surface area contributed by atoms with Crippen LogP contribution in [0.15, 0.2) is 36.7 Å². The Morgan fingerprint density at radius 2 is 1.93 bits per heavy atom. The van der Waals surface area contributed by atoms with Gasteiger partial charge in [0.25, 0.3) is 5.91 Å². The van der Waals surface area contributed by atoms with E-state index >= 15 is 0 Å². The Labute approximate surface area is 183 Å². The quantitative estimate of drug-likeness (QED) is 0.481. The van der Waals surface area contributed by atoms with Crippen LogP contribution in [-0.2, 0) is 0 Å². The molecule has 0 bridgehead atoms. The molecule has 3 amide bonds. The van der Waals surface area contributed by atoms with E-state index in [-0.39, 0.29) is 21.8 Å². The molecule has 1 fully saturated rings. The lowest BCUT2D eigenvalue weighted by Crippen LogP contribution is -2.30. The third-order valence-corrected chi connectivity index (χ3v) is 5.50. The molecule has 7 nitrogen and oxygen atoms in total. The van der Waals surface area contributed by atoms with Gasteiger partial charge in [-0.25, -0.2) is 9.78 Å². The SMILES string of the molecule is Cc1cnc2c(NC(=O)c3c(Cl)ccnc3Cl)cccc2c1NC(=O)NCC1CC1. The molecule has 0 saturated heterocycles. The number of nitrogens with zero attached hydrogens (tertiary/aromatic N) is 2. The fraction of sp³-hybridized carbons (Fsp3) is 0.238. The highest BCUT2D eigenvalue weighted by Crippen LogP contribution is 2.31. The van der Waals surface area contributed by atoms with E-state index < -0.39 is 5.91 Å². The second-order valence-electron chi connectivity index (χ2n) is 7.21. The average molecular weight is 444 g/mol. The fourth-order valence-electron chi connectivity index (χ4n) is 3.11. The van der Waals surface area contributed by atoms with Crippen LogP contribution in [0.5, 0.6) is 0 Å². The third kappa shape index (κ3) is 4.32. The summed E-state index contributed by atoms with van der Waals surface area (Å²) in [6.07, 6.45) is 5.39. The molecule has 3 aromatic rings. The van der Waals surface area contributed by atoms with E-state index in [4.69, 9.17) is 23.2 Å². The summed E-state index contributed by atoms with van der Waals surface area (Å²) >= 11 is 12.2. The molecule has 9 heteroatoms. The minimum absolute atomic E-state index is 0.0127. The molecule has 0 spiro atoms. The summed E-state index contributed by atoms with van der Waals surface area (Å²) in [7, 11) is 0. The highest BCUT2D eigenvalue weighted by atomic mass is 35.5. The Morgan fingerprint density at radius 1 is 1.13 bits per heavy atom. The highest BCUT2D eigenvalue weighted by molar-refractivity contribution is 6.39. The minimum atomic E-state index is -0.496. The number of rotatable bonds is 5. The van der Waals surface area contributed by atoms with Gasteiger partial charge >= 0.3 is 6.03 Å². The molecule has 2 heterocycles. The number of aromatic nitrogens is 2. The second-order valence-corrected chi connectivity index (χ2v) is 7.97. The first-order chi connectivity index (χ1) is 14.4. The number of halogens is 2. The smallest absolute Gasteiger partial charge is 0.319 e. The number of hydrogen-bond donors (Lipinski definition) is 3. The van der Waals surface area contributed by atoms with Crippen LogP contribution in [0.4, 0.5) is 16.2 Å². The van der Waals surface area contributed by atoms with Gasteiger partial charge in [-0.2, -0.15) is 0 Å². The van der Waals surface area contributed by atoms with Gasteiger partial charge in [0.2, 0.25) is 0 Å². The van der Waals surface area contributed by atoms with E-state index in [2.05, 4.69) is 25.9 Å². The standard InChI is InChI=1S/C21H19Cl2N5O2/c1-11-9-25-18-13(17(11)28-21(30)26-10-12-5-6-12)3-2-4-15(18)27-20(29)16-14(22)7-8-24-19(16)23/h2-4,7-9,12H,5-6,10H2,1H3,(H,27,29)(H2,25,26,28,30). The molecule has 1 aromatic carbocycles. The predicted octanol–water partition coefficient (Wildman–Crippen LogP) is 5.03. The number of fused-ring (bicyclic) bond motifs is 1. The molecule has 1 aliphatic rings. The van der Waals surface area contributed by atoms with Crippen molar-refractivity contribution in [1.29, 1.82) is 0 Å². The summed E-state index contributed by atoms with van der Waals surface area (Å²) in [5.74, 6) is 0.0867. The van der Waals surface area contributed by atoms with Crippen LogP contribution >= 0.6 is 23.2 Å². The zero-order valence-electron chi connectivity index (χ0n) is 16.1. The number of benzene rings is 1. The monoisotopic (exact) mass is 443 g/mol. The lowest BCUT2D eigenvalue weighted by atomic mass is 10.1. The molecule has 0 unspecified atom stereocenters. The maximum atomic E-state index is 12.8. The Hall–Kier alpha value is -2.90. The first kappa shape index (κ1) is 20.4. The van der Waals surface area contributed by atoms with Gasteiger partial charge in [0, 0.05) is 24.3 Å². The van der Waals surface area contributed by atoms with Crippen LogP contribution in [0.2, 0.25) is 10.2 Å². The van der Waals surface area contributed by atoms with Gasteiger partial charge in [-0.3, -0.25) is 9.78 Å². The van der Waals surface area contributed by atoms with E-state index in [0.29, 0.717) is 34.7 Å². The largest absolute Gasteiger partial charge is 0.338 e. The molecule has 1 aliphatic carbocycles. The zero-order chi connectivity index (χ0) is 21.3. The Bertz CT molecular complexity index is 1130. The summed E-state index contributed by atoms with van der Waals surface area (Å²) in [5, 5.41) is 9.51. The maximum Gasteiger partial charge on any atom is 0.319 e. The van der Waals surface area contributed by atoms with Crippen molar-refractivity contribution in [3.63, 3.8) is 0 Å². The van der Waals surface area contributed by atoms with Gasteiger partial charge in [0.15, 0.2) is 0 Å². The van der Waals surface area contributed by atoms with Crippen molar-refractivity contribution in [3.05, 3.63) is 58.0 Å². The summed E-state index contributed by atoms with van der Waals surface area (Å²) in [5.41, 5.74) is 2.54. The molecule has 0 aliphatic heterocycles. The van der Waals surface area contributed by atoms with Crippen molar-refractivity contribution in [1.82, 2.24) is 15.3 Å². The molecule has 0 radical (unpaired) electrons. The van der Waals surface area contributed by atoms with Crippen LogP contribution in [0.25, 0.3) is 10.9 Å². The normalized spacial score (nSPS) is 13.2. The Morgan fingerprint density at radius 3 is 2.67 bits per heavy atom. The van der Waals surface area contributed by atoms with Gasteiger partial charge in [-0.05, 0) is 43.4 Å². The zero-order valence-corrected chi connectivity index (χ0v) is 17.6. The van der Waals surface area contributed by atoms with Crippen molar-refractivity contribution in [3.8, 4) is 0 Å². The number of hydrogen-bond acceptors (Lipinski definition) is 4. The predicted molar refractivity (Wildman–Crippen MR) is 118 cm³/mol. The van der Waals surface area contributed by atoms with Gasteiger partial charge in [-0.15, -0.1) is 0 Å². The van der Waals surface area contributed by atoms with Crippen LogP contribution < -0.4 is 16.0 Å². The molecular weight excluding hydrogens is 425 g/mol. The fourth-order valence-corrected chi connectivity index (χ4v) is 3.63. The lowest BCUT2D eigenvalue weighted by Gasteiger charge is -2.15. The van der Waals surface area contributed by atoms with Gasteiger partial charge in [0.1, 0.15) is 5.15 Å². The van der Waals surface area contributed by atoms with Crippen LogP contribution in [-0.4, -0.2) is 28.5 Å². The number of carbonyl (C=O) groups is 2. The summed E-state index contributed by atoms with van der Waals surface area (Å²) in [6.45, 7) is 2.53. The molecule has 30 heavy (non-hydrogen) atoms. The number of amides is 3. The first-order valence-corrected chi connectivity index (χ1v) is 10.2. The van der Waals surface area contributed by atoms with E-state index in [1.54, 1.807) is 18.3 Å². The lowest BCUT2D eigenvalue weighted by molar-refractivity contribution is 0.102. The van der Waals surface area contributed by atoms with Crippen molar-refractivity contribution in [2.75, 3.05) is 17.2 Å². The summed E-state index contributed by atoms with van der Waals surface area (Å²) in [4.78, 5) is 33.4. The number of nitrogens with one attached hydrogen (secondary N) is 3. The van der Waals surface area contributed by atoms with E-state index in [0.717, 1.165) is 18.4 Å². The molecule has 4 rings (SSSR count). The van der Waals surface area contributed by atoms with Crippen molar-refractivity contribution in [2.45, 2.75) is 19.8 Å². The topological polar surface area (TPSA) is 96.0 Å². The Balaban J connectivity index is 1.63. The van der Waals surface area contributed by atoms with Gasteiger partial charge in [-0.1, -0.05) is 35.3 Å². The number of aryl methyl sites for hydroxylation is 1. The number of carbonyl (C=O) groups excluding carboxylic acids is 2. The van der Waals surface area contributed by atoms with Crippen molar-refractivity contribution < 1.29 is 9.59 Å². The van der Waals surface area contributed by atoms with Gasteiger partial charge < -0.3 is 16.0 Å². The molecule has 1 saturated carbocycles. The summed E-state index contributed by atoms with van der Waals surface area (Å²) in [6, 6.07) is 6.57. The third-order valence-electron chi connectivity index (χ3n) is 4.90. The van der Waals surface area contributed by atoms with E-state index in [9.17, 15) is 9.59 Å².